The molecule has 0 bridgehead atoms. The van der Waals surface area contributed by atoms with E-state index in [1.165, 1.54) is 18.0 Å². The number of alkyl halides is 3. The molecule has 3 aromatic rings. The average molecular weight is 367 g/mol. The van der Waals surface area contributed by atoms with Gasteiger partial charge in [0.2, 0.25) is 0 Å². The number of pyridine rings is 1. The summed E-state index contributed by atoms with van der Waals surface area (Å²) >= 11 is 1.44. The molecule has 0 saturated carbocycles. The van der Waals surface area contributed by atoms with Crippen LogP contribution >= 0.6 is 11.8 Å². The van der Waals surface area contributed by atoms with E-state index in [0.717, 1.165) is 16.2 Å². The van der Waals surface area contributed by atoms with Crippen molar-refractivity contribution in [2.24, 2.45) is 0 Å². The van der Waals surface area contributed by atoms with Crippen molar-refractivity contribution in [2.45, 2.75) is 30.9 Å². The molecule has 8 heteroatoms. The molecule has 0 fully saturated rings. The van der Waals surface area contributed by atoms with Crippen molar-refractivity contribution >= 4 is 22.8 Å². The third-order valence-electron chi connectivity index (χ3n) is 3.64. The molecule has 1 N–H and O–H groups in total. The number of para-hydroxylation sites is 2. The SMILES string of the molecule is Cc1cnc(CSc2nc3ccccc3[nH]2)c(C)c1OCC(F)(F)F. The molecule has 0 spiro atoms. The number of aromatic amines is 1. The first-order valence-electron chi connectivity index (χ1n) is 7.55. The van der Waals surface area contributed by atoms with Gasteiger partial charge in [-0.25, -0.2) is 4.98 Å². The van der Waals surface area contributed by atoms with Gasteiger partial charge >= 0.3 is 6.18 Å². The lowest BCUT2D eigenvalue weighted by Gasteiger charge is -2.15. The first-order chi connectivity index (χ1) is 11.8. The van der Waals surface area contributed by atoms with E-state index in [9.17, 15) is 13.2 Å². The van der Waals surface area contributed by atoms with E-state index in [-0.39, 0.29) is 5.75 Å². The van der Waals surface area contributed by atoms with Crippen molar-refractivity contribution in [1.29, 1.82) is 0 Å². The first kappa shape index (κ1) is 17.6. The van der Waals surface area contributed by atoms with Gasteiger partial charge in [0.25, 0.3) is 0 Å². The molecule has 0 amide bonds. The fraction of sp³-hybridized carbons (Fsp3) is 0.294. The predicted octanol–water partition coefficient (Wildman–Crippen LogP) is 4.81. The van der Waals surface area contributed by atoms with Crippen LogP contribution < -0.4 is 4.74 Å². The summed E-state index contributed by atoms with van der Waals surface area (Å²) < 4.78 is 42.2. The minimum absolute atomic E-state index is 0.243. The highest BCUT2D eigenvalue weighted by atomic mass is 32.2. The third kappa shape index (κ3) is 4.25. The third-order valence-corrected chi connectivity index (χ3v) is 4.52. The van der Waals surface area contributed by atoms with Crippen LogP contribution in [-0.4, -0.2) is 27.7 Å². The van der Waals surface area contributed by atoms with E-state index in [0.29, 0.717) is 22.6 Å². The van der Waals surface area contributed by atoms with E-state index in [4.69, 9.17) is 4.74 Å². The first-order valence-corrected chi connectivity index (χ1v) is 8.54. The highest BCUT2D eigenvalue weighted by molar-refractivity contribution is 7.98. The maximum atomic E-state index is 12.4. The molecule has 0 aliphatic rings. The maximum absolute atomic E-state index is 12.4. The van der Waals surface area contributed by atoms with Gasteiger partial charge in [-0.1, -0.05) is 23.9 Å². The molecule has 4 nitrogen and oxygen atoms in total. The number of ether oxygens (including phenoxy) is 1. The number of nitrogens with zero attached hydrogens (tertiary/aromatic N) is 2. The van der Waals surface area contributed by atoms with Crippen molar-refractivity contribution in [1.82, 2.24) is 15.0 Å². The Morgan fingerprint density at radius 2 is 1.96 bits per heavy atom. The Balaban J connectivity index is 1.75. The fourth-order valence-electron chi connectivity index (χ4n) is 2.41. The summed E-state index contributed by atoms with van der Waals surface area (Å²) in [5, 5.41) is 0.737. The molecule has 0 unspecified atom stereocenters. The van der Waals surface area contributed by atoms with Gasteiger partial charge in [-0.2, -0.15) is 13.2 Å². The number of thioether (sulfide) groups is 1. The Morgan fingerprint density at radius 3 is 2.68 bits per heavy atom. The summed E-state index contributed by atoms with van der Waals surface area (Å²) in [7, 11) is 0. The molecule has 0 saturated heterocycles. The number of fused-ring (bicyclic) bond motifs is 1. The molecule has 0 atom stereocenters. The Morgan fingerprint density at radius 1 is 1.20 bits per heavy atom. The number of aromatic nitrogens is 3. The molecule has 2 heterocycles. The molecular weight excluding hydrogens is 351 g/mol. The van der Waals surface area contributed by atoms with Crippen LogP contribution in [0.3, 0.4) is 0 Å². The quantitative estimate of drug-likeness (QED) is 0.658. The number of rotatable bonds is 5. The number of hydrogen-bond donors (Lipinski definition) is 1. The fourth-order valence-corrected chi connectivity index (χ4v) is 3.32. The molecular formula is C17H16F3N3OS. The predicted molar refractivity (Wildman–Crippen MR) is 90.9 cm³/mol. The topological polar surface area (TPSA) is 50.8 Å². The van der Waals surface area contributed by atoms with Crippen molar-refractivity contribution in [3.8, 4) is 5.75 Å². The number of benzene rings is 1. The second kappa shape index (κ2) is 6.95. The van der Waals surface area contributed by atoms with E-state index in [2.05, 4.69) is 15.0 Å². The Kier molecular flexibility index (Phi) is 4.89. The zero-order chi connectivity index (χ0) is 18.0. The number of nitrogens with one attached hydrogen (secondary N) is 1. The summed E-state index contributed by atoms with van der Waals surface area (Å²) in [5.41, 5.74) is 3.68. The van der Waals surface area contributed by atoms with Crippen LogP contribution in [0.4, 0.5) is 13.2 Å². The van der Waals surface area contributed by atoms with Crippen LogP contribution in [0.2, 0.25) is 0 Å². The lowest BCUT2D eigenvalue weighted by atomic mass is 10.1. The van der Waals surface area contributed by atoms with Crippen LogP contribution in [0.15, 0.2) is 35.6 Å². The standard InChI is InChI=1S/C17H16F3N3OS/c1-10-7-21-14(11(2)15(10)24-9-17(18,19)20)8-25-16-22-12-5-3-4-6-13(12)23-16/h3-7H,8-9H2,1-2H3,(H,22,23). The summed E-state index contributed by atoms with van der Waals surface area (Å²) in [4.78, 5) is 12.0. The minimum atomic E-state index is -4.37. The molecule has 0 radical (unpaired) electrons. The minimum Gasteiger partial charge on any atom is -0.483 e. The van der Waals surface area contributed by atoms with E-state index < -0.39 is 12.8 Å². The Labute approximate surface area is 146 Å². The van der Waals surface area contributed by atoms with E-state index in [1.807, 2.05) is 24.3 Å². The number of H-pyrrole nitrogens is 1. The monoisotopic (exact) mass is 367 g/mol. The van der Waals surface area contributed by atoms with Crippen LogP contribution in [0.1, 0.15) is 16.8 Å². The number of imidazole rings is 1. The van der Waals surface area contributed by atoms with Crippen LogP contribution in [0.5, 0.6) is 5.75 Å². The van der Waals surface area contributed by atoms with Crippen molar-refractivity contribution in [2.75, 3.05) is 6.61 Å². The van der Waals surface area contributed by atoms with Gasteiger partial charge in [0.1, 0.15) is 5.75 Å². The summed E-state index contributed by atoms with van der Waals surface area (Å²) in [6.45, 7) is 2.09. The van der Waals surface area contributed by atoms with Gasteiger partial charge in [0, 0.05) is 23.1 Å². The van der Waals surface area contributed by atoms with Crippen molar-refractivity contribution < 1.29 is 17.9 Å². The van der Waals surface area contributed by atoms with Crippen molar-refractivity contribution in [3.05, 3.63) is 47.3 Å². The molecule has 3 rings (SSSR count). The van der Waals surface area contributed by atoms with Gasteiger partial charge in [-0.15, -0.1) is 0 Å². The lowest BCUT2D eigenvalue weighted by molar-refractivity contribution is -0.153. The summed E-state index contributed by atoms with van der Waals surface area (Å²) in [6, 6.07) is 7.68. The Bertz CT molecular complexity index is 859. The van der Waals surface area contributed by atoms with Gasteiger partial charge in [0.05, 0.1) is 16.7 Å². The van der Waals surface area contributed by atoms with Crippen molar-refractivity contribution in [3.63, 3.8) is 0 Å². The Hall–Kier alpha value is -2.22. The number of hydrogen-bond acceptors (Lipinski definition) is 4. The highest BCUT2D eigenvalue weighted by Gasteiger charge is 2.29. The van der Waals surface area contributed by atoms with Gasteiger partial charge < -0.3 is 9.72 Å². The molecule has 25 heavy (non-hydrogen) atoms. The zero-order valence-corrected chi connectivity index (χ0v) is 14.5. The van der Waals surface area contributed by atoms with Crippen LogP contribution in [-0.2, 0) is 5.75 Å². The molecule has 0 aliphatic carbocycles. The zero-order valence-electron chi connectivity index (χ0n) is 13.6. The number of halogens is 3. The maximum Gasteiger partial charge on any atom is 0.422 e. The molecule has 2 aromatic heterocycles. The van der Waals surface area contributed by atoms with Crippen LogP contribution in [0, 0.1) is 13.8 Å². The largest absolute Gasteiger partial charge is 0.483 e. The van der Waals surface area contributed by atoms with Gasteiger partial charge in [0.15, 0.2) is 11.8 Å². The highest BCUT2D eigenvalue weighted by Crippen LogP contribution is 2.30. The van der Waals surface area contributed by atoms with Gasteiger partial charge in [-0.05, 0) is 26.0 Å². The lowest BCUT2D eigenvalue weighted by Crippen LogP contribution is -2.20. The molecule has 0 aliphatic heterocycles. The van der Waals surface area contributed by atoms with Gasteiger partial charge in [-0.3, -0.25) is 4.98 Å². The number of aryl methyl sites for hydroxylation is 1. The second-order valence-corrected chi connectivity index (χ2v) is 6.56. The normalized spacial score (nSPS) is 11.9. The second-order valence-electron chi connectivity index (χ2n) is 5.59. The molecule has 1 aromatic carbocycles. The average Bonchev–Trinajstić information content (AvgIpc) is 2.95. The van der Waals surface area contributed by atoms with E-state index >= 15 is 0 Å². The summed E-state index contributed by atoms with van der Waals surface area (Å²) in [6.07, 6.45) is -2.83. The summed E-state index contributed by atoms with van der Waals surface area (Å²) in [5.74, 6) is 0.724. The molecule has 132 valence electrons. The smallest absolute Gasteiger partial charge is 0.422 e. The van der Waals surface area contributed by atoms with E-state index in [1.54, 1.807) is 13.8 Å². The van der Waals surface area contributed by atoms with Crippen LogP contribution in [0.25, 0.3) is 11.0 Å².